The summed E-state index contributed by atoms with van der Waals surface area (Å²) in [5.41, 5.74) is 1.03. The number of unbranched alkanes of at least 4 members (excludes halogenated alkanes) is 2. The Balaban J connectivity index is 2.22. The zero-order chi connectivity index (χ0) is 19.4. The minimum Gasteiger partial charge on any atom is -0.263 e. The summed E-state index contributed by atoms with van der Waals surface area (Å²) in [5, 5.41) is 7.36. The van der Waals surface area contributed by atoms with Crippen LogP contribution in [-0.2, 0) is 4.57 Å². The summed E-state index contributed by atoms with van der Waals surface area (Å²) in [6, 6.07) is 10.3. The van der Waals surface area contributed by atoms with Gasteiger partial charge in [0.05, 0.1) is 5.69 Å². The maximum atomic E-state index is 14.1. The number of hydrogen-bond acceptors (Lipinski definition) is 2. The van der Waals surface area contributed by atoms with Crippen molar-refractivity contribution in [2.24, 2.45) is 0 Å². The molecule has 0 bridgehead atoms. The zero-order valence-corrected chi connectivity index (χ0v) is 18.9. The van der Waals surface area contributed by atoms with Crippen molar-refractivity contribution in [2.45, 2.75) is 83.3 Å². The fourth-order valence-corrected chi connectivity index (χ4v) is 7.43. The van der Waals surface area contributed by atoms with E-state index in [1.165, 1.54) is 38.5 Å². The Kier molecular flexibility index (Phi) is 10.9. The second-order valence-electron chi connectivity index (χ2n) is 7.43. The highest BCUT2D eigenvalue weighted by molar-refractivity contribution is 8.07. The van der Waals surface area contributed by atoms with Crippen molar-refractivity contribution in [3.63, 3.8) is 0 Å². The van der Waals surface area contributed by atoms with Gasteiger partial charge in [0.15, 0.2) is 0 Å². The Morgan fingerprint density at radius 2 is 1.52 bits per heavy atom. The predicted molar refractivity (Wildman–Crippen MR) is 121 cm³/mol. The molecule has 0 saturated heterocycles. The molecule has 4 nitrogen and oxygen atoms in total. The average molecular weight is 412 g/mol. The van der Waals surface area contributed by atoms with E-state index in [0.717, 1.165) is 44.5 Å². The van der Waals surface area contributed by atoms with Gasteiger partial charge in [0.25, 0.3) is 0 Å². The van der Waals surface area contributed by atoms with Gasteiger partial charge < -0.3 is 0 Å². The molecule has 0 radical (unpaired) electrons. The van der Waals surface area contributed by atoms with E-state index < -0.39 is 7.59 Å². The smallest absolute Gasteiger partial charge is 0.263 e. The maximum Gasteiger partial charge on any atom is 0.315 e. The van der Waals surface area contributed by atoms with E-state index in [4.69, 9.17) is 0 Å². The summed E-state index contributed by atoms with van der Waals surface area (Å²) in [5.74, 6) is 0. The SMILES string of the molecule is CCCCNP(=O)(NCCCC)N(SC1CCCCCC1)c1ccccc1. The number of nitrogens with zero attached hydrogens (tertiary/aromatic N) is 1. The number of nitrogens with one attached hydrogen (secondary N) is 2. The molecule has 0 spiro atoms. The molecule has 1 aromatic carbocycles. The van der Waals surface area contributed by atoms with Crippen LogP contribution in [0.1, 0.15) is 78.1 Å². The van der Waals surface area contributed by atoms with Crippen molar-refractivity contribution in [2.75, 3.05) is 17.2 Å². The number of benzene rings is 1. The van der Waals surface area contributed by atoms with Crippen LogP contribution in [0.3, 0.4) is 0 Å². The van der Waals surface area contributed by atoms with Crippen LogP contribution in [0.25, 0.3) is 0 Å². The number of anilines is 1. The molecule has 0 heterocycles. The fraction of sp³-hybridized carbons (Fsp3) is 0.714. The zero-order valence-electron chi connectivity index (χ0n) is 17.2. The van der Waals surface area contributed by atoms with Crippen LogP contribution in [0.4, 0.5) is 5.69 Å². The predicted octanol–water partition coefficient (Wildman–Crippen LogP) is 6.75. The Labute approximate surface area is 170 Å². The molecule has 1 aliphatic rings. The molecule has 0 aromatic heterocycles. The lowest BCUT2D eigenvalue weighted by Crippen LogP contribution is -2.34. The quantitative estimate of drug-likeness (QED) is 0.172. The first-order chi connectivity index (χ1) is 13.2. The first-order valence-electron chi connectivity index (χ1n) is 10.8. The third-order valence-corrected chi connectivity index (χ3v) is 9.20. The molecule has 0 aliphatic heterocycles. The van der Waals surface area contributed by atoms with Crippen molar-refractivity contribution < 1.29 is 4.57 Å². The minimum atomic E-state index is -2.90. The summed E-state index contributed by atoms with van der Waals surface area (Å²) in [6.07, 6.45) is 12.0. The van der Waals surface area contributed by atoms with Crippen LogP contribution in [-0.4, -0.2) is 18.3 Å². The van der Waals surface area contributed by atoms with Gasteiger partial charge in [-0.15, -0.1) is 0 Å². The van der Waals surface area contributed by atoms with Crippen molar-refractivity contribution in [1.29, 1.82) is 0 Å². The lowest BCUT2D eigenvalue weighted by molar-refractivity contribution is 0.549. The highest BCUT2D eigenvalue weighted by Crippen LogP contribution is 2.51. The average Bonchev–Trinajstić information content (AvgIpc) is 2.96. The van der Waals surface area contributed by atoms with Crippen LogP contribution in [0.15, 0.2) is 30.3 Å². The third-order valence-electron chi connectivity index (χ3n) is 5.00. The van der Waals surface area contributed by atoms with E-state index >= 15 is 0 Å². The first-order valence-corrected chi connectivity index (χ1v) is 13.3. The molecule has 1 fully saturated rings. The van der Waals surface area contributed by atoms with Crippen LogP contribution < -0.4 is 14.3 Å². The topological polar surface area (TPSA) is 44.4 Å². The highest BCUT2D eigenvalue weighted by atomic mass is 32.2. The van der Waals surface area contributed by atoms with Gasteiger partial charge in [-0.05, 0) is 49.8 Å². The van der Waals surface area contributed by atoms with E-state index in [2.05, 4.69) is 40.2 Å². The first kappa shape index (κ1) is 22.8. The lowest BCUT2D eigenvalue weighted by Gasteiger charge is -2.35. The van der Waals surface area contributed by atoms with E-state index in [9.17, 15) is 4.57 Å². The van der Waals surface area contributed by atoms with Crippen molar-refractivity contribution in [3.8, 4) is 0 Å². The van der Waals surface area contributed by atoms with E-state index in [1.807, 2.05) is 18.2 Å². The Hall–Kier alpha value is -0.480. The molecule has 0 unspecified atom stereocenters. The van der Waals surface area contributed by atoms with Crippen LogP contribution in [0.2, 0.25) is 0 Å². The second kappa shape index (κ2) is 12.9. The third kappa shape index (κ3) is 7.81. The molecule has 0 amide bonds. The van der Waals surface area contributed by atoms with Gasteiger partial charge in [0.1, 0.15) is 0 Å². The minimum absolute atomic E-state index is 0.544. The van der Waals surface area contributed by atoms with Gasteiger partial charge in [-0.3, -0.25) is 4.57 Å². The fourth-order valence-electron chi connectivity index (χ4n) is 3.33. The molecule has 2 N–H and O–H groups in total. The van der Waals surface area contributed by atoms with Crippen molar-refractivity contribution in [1.82, 2.24) is 10.2 Å². The highest BCUT2D eigenvalue weighted by Gasteiger charge is 2.33. The molecule has 154 valence electrons. The van der Waals surface area contributed by atoms with E-state index in [-0.39, 0.29) is 0 Å². The number of para-hydroxylation sites is 1. The van der Waals surface area contributed by atoms with Gasteiger partial charge in [0.2, 0.25) is 0 Å². The molecule has 1 aliphatic carbocycles. The van der Waals surface area contributed by atoms with E-state index in [1.54, 1.807) is 11.9 Å². The maximum absolute atomic E-state index is 14.1. The Morgan fingerprint density at radius 3 is 2.04 bits per heavy atom. The van der Waals surface area contributed by atoms with Gasteiger partial charge in [0, 0.05) is 18.3 Å². The Morgan fingerprint density at radius 1 is 0.963 bits per heavy atom. The molecule has 0 atom stereocenters. The van der Waals surface area contributed by atoms with Crippen molar-refractivity contribution >= 4 is 25.2 Å². The molecular formula is C21H38N3OPS. The standard InChI is InChI=1S/C21H38N3OPS/c1-3-5-18-22-26(25,23-19-6-4-2)24(20-14-10-9-11-15-20)27-21-16-12-7-8-13-17-21/h9-11,14-15,21H,3-8,12-13,16-19H2,1-2H3,(H2,22,23,25). The number of rotatable bonds is 12. The van der Waals surface area contributed by atoms with E-state index in [0.29, 0.717) is 5.25 Å². The molecular weight excluding hydrogens is 373 g/mol. The monoisotopic (exact) mass is 411 g/mol. The van der Waals surface area contributed by atoms with Gasteiger partial charge in [-0.25, -0.2) is 14.3 Å². The second-order valence-corrected chi connectivity index (χ2v) is 11.1. The lowest BCUT2D eigenvalue weighted by atomic mass is 10.2. The van der Waals surface area contributed by atoms with Crippen LogP contribution in [0.5, 0.6) is 0 Å². The molecule has 1 aromatic rings. The molecule has 6 heteroatoms. The summed E-state index contributed by atoms with van der Waals surface area (Å²) in [4.78, 5) is 0. The summed E-state index contributed by atoms with van der Waals surface area (Å²) in [7, 11) is -2.90. The Bertz CT molecular complexity index is 536. The molecule has 2 rings (SSSR count). The van der Waals surface area contributed by atoms with Gasteiger partial charge in [-0.1, -0.05) is 70.6 Å². The normalized spacial score (nSPS) is 16.2. The molecule has 1 saturated carbocycles. The summed E-state index contributed by atoms with van der Waals surface area (Å²) < 4.78 is 16.2. The number of hydrogen-bond donors (Lipinski definition) is 2. The van der Waals surface area contributed by atoms with Gasteiger partial charge >= 0.3 is 7.59 Å². The van der Waals surface area contributed by atoms with Crippen LogP contribution >= 0.6 is 19.5 Å². The largest absolute Gasteiger partial charge is 0.315 e. The van der Waals surface area contributed by atoms with Crippen LogP contribution in [0, 0.1) is 0 Å². The summed E-state index contributed by atoms with van der Waals surface area (Å²) in [6.45, 7) is 5.90. The van der Waals surface area contributed by atoms with Gasteiger partial charge in [-0.2, -0.15) is 0 Å². The van der Waals surface area contributed by atoms with Crippen molar-refractivity contribution in [3.05, 3.63) is 30.3 Å². The molecule has 27 heavy (non-hydrogen) atoms. The summed E-state index contributed by atoms with van der Waals surface area (Å²) >= 11 is 1.80.